The maximum absolute atomic E-state index is 13.2. The van der Waals surface area contributed by atoms with Crippen LogP contribution in [0.4, 0.5) is 5.13 Å². The predicted molar refractivity (Wildman–Crippen MR) is 117 cm³/mol. The third kappa shape index (κ3) is 4.58. The first kappa shape index (κ1) is 20.9. The van der Waals surface area contributed by atoms with Crippen molar-refractivity contribution in [2.45, 2.75) is 6.42 Å². The zero-order chi connectivity index (χ0) is 20.3. The van der Waals surface area contributed by atoms with Crippen LogP contribution in [0.5, 0.6) is 5.75 Å². The molecule has 0 spiro atoms. The zero-order valence-electron chi connectivity index (χ0n) is 15.9. The summed E-state index contributed by atoms with van der Waals surface area (Å²) in [6, 6.07) is 10.4. The van der Waals surface area contributed by atoms with Crippen molar-refractivity contribution in [2.75, 3.05) is 39.2 Å². The van der Waals surface area contributed by atoms with E-state index in [1.165, 1.54) is 11.3 Å². The van der Waals surface area contributed by atoms with Crippen LogP contribution in [0.3, 0.4) is 0 Å². The molecule has 148 valence electrons. The Bertz CT molecular complexity index is 973. The first-order chi connectivity index (χ1) is 13.4. The van der Waals surface area contributed by atoms with Gasteiger partial charge in [-0.15, -0.1) is 0 Å². The molecule has 0 unspecified atom stereocenters. The van der Waals surface area contributed by atoms with Crippen molar-refractivity contribution in [3.63, 3.8) is 0 Å². The van der Waals surface area contributed by atoms with E-state index in [4.69, 9.17) is 27.9 Å². The van der Waals surface area contributed by atoms with Gasteiger partial charge in [-0.2, -0.15) is 0 Å². The molecule has 0 saturated heterocycles. The number of carbonyl (C=O) groups is 1. The first-order valence-electron chi connectivity index (χ1n) is 8.76. The van der Waals surface area contributed by atoms with Crippen LogP contribution in [0.2, 0.25) is 10.0 Å². The van der Waals surface area contributed by atoms with Gasteiger partial charge >= 0.3 is 0 Å². The van der Waals surface area contributed by atoms with Crippen LogP contribution >= 0.6 is 34.5 Å². The van der Waals surface area contributed by atoms with Crippen molar-refractivity contribution in [1.82, 2.24) is 9.88 Å². The third-order valence-corrected chi connectivity index (χ3v) is 6.01. The molecule has 0 aliphatic heterocycles. The molecule has 0 bridgehead atoms. The fraction of sp³-hybridized carbons (Fsp3) is 0.300. The normalized spacial score (nSPS) is 11.2. The van der Waals surface area contributed by atoms with Gasteiger partial charge in [0.1, 0.15) is 11.3 Å². The lowest BCUT2D eigenvalue weighted by Crippen LogP contribution is -2.33. The van der Waals surface area contributed by atoms with Crippen molar-refractivity contribution in [3.05, 3.63) is 52.0 Å². The molecule has 5 nitrogen and oxygen atoms in total. The largest absolute Gasteiger partial charge is 0.494 e. The Morgan fingerprint density at radius 3 is 2.46 bits per heavy atom. The smallest absolute Gasteiger partial charge is 0.260 e. The molecular weight excluding hydrogens is 417 g/mol. The lowest BCUT2D eigenvalue weighted by molar-refractivity contribution is 0.0986. The Morgan fingerprint density at radius 1 is 1.11 bits per heavy atom. The van der Waals surface area contributed by atoms with E-state index in [1.54, 1.807) is 48.4 Å². The Balaban J connectivity index is 2.00. The van der Waals surface area contributed by atoms with Crippen LogP contribution in [0, 0.1) is 0 Å². The average Bonchev–Trinajstić information content (AvgIpc) is 3.11. The van der Waals surface area contributed by atoms with E-state index in [0.717, 1.165) is 17.7 Å². The van der Waals surface area contributed by atoms with Crippen molar-refractivity contribution >= 4 is 55.8 Å². The van der Waals surface area contributed by atoms with E-state index in [1.807, 2.05) is 14.1 Å². The van der Waals surface area contributed by atoms with E-state index in [9.17, 15) is 4.79 Å². The molecule has 0 aliphatic carbocycles. The van der Waals surface area contributed by atoms with Gasteiger partial charge in [0.15, 0.2) is 5.13 Å². The molecule has 0 saturated carbocycles. The molecule has 28 heavy (non-hydrogen) atoms. The fourth-order valence-electron chi connectivity index (χ4n) is 2.80. The second-order valence-electron chi connectivity index (χ2n) is 6.54. The quantitative estimate of drug-likeness (QED) is 0.508. The van der Waals surface area contributed by atoms with Gasteiger partial charge in [-0.25, -0.2) is 4.98 Å². The minimum atomic E-state index is -0.121. The summed E-state index contributed by atoms with van der Waals surface area (Å²) in [6.45, 7) is 1.40. The van der Waals surface area contributed by atoms with Crippen molar-refractivity contribution in [1.29, 1.82) is 0 Å². The second kappa shape index (κ2) is 9.09. The van der Waals surface area contributed by atoms with Gasteiger partial charge in [0.2, 0.25) is 0 Å². The maximum Gasteiger partial charge on any atom is 0.260 e. The van der Waals surface area contributed by atoms with Crippen LogP contribution in [0.1, 0.15) is 16.8 Å². The second-order valence-corrected chi connectivity index (χ2v) is 8.37. The van der Waals surface area contributed by atoms with Gasteiger partial charge in [0, 0.05) is 17.1 Å². The van der Waals surface area contributed by atoms with Crippen LogP contribution in [0.15, 0.2) is 36.4 Å². The van der Waals surface area contributed by atoms with E-state index in [-0.39, 0.29) is 5.91 Å². The van der Waals surface area contributed by atoms with E-state index < -0.39 is 0 Å². The first-order valence-corrected chi connectivity index (χ1v) is 10.3. The molecule has 0 N–H and O–H groups in total. The highest BCUT2D eigenvalue weighted by Crippen LogP contribution is 2.39. The number of carbonyl (C=O) groups excluding carboxylic acids is 1. The molecule has 1 aromatic heterocycles. The van der Waals surface area contributed by atoms with Crippen LogP contribution in [0.25, 0.3) is 10.2 Å². The number of aromatic nitrogens is 1. The molecule has 1 amide bonds. The molecular formula is C20H21Cl2N3O2S. The highest BCUT2D eigenvalue weighted by Gasteiger charge is 2.23. The molecule has 1 heterocycles. The predicted octanol–water partition coefficient (Wildman–Crippen LogP) is 5.21. The van der Waals surface area contributed by atoms with Crippen molar-refractivity contribution < 1.29 is 9.53 Å². The van der Waals surface area contributed by atoms with Gasteiger partial charge in [-0.3, -0.25) is 9.69 Å². The number of amides is 1. The lowest BCUT2D eigenvalue weighted by atomic mass is 10.2. The zero-order valence-corrected chi connectivity index (χ0v) is 18.2. The fourth-order valence-corrected chi connectivity index (χ4v) is 4.21. The summed E-state index contributed by atoms with van der Waals surface area (Å²) in [5.74, 6) is 0.513. The number of anilines is 1. The average molecular weight is 438 g/mol. The number of benzene rings is 2. The molecule has 8 heteroatoms. The number of methoxy groups -OCH3 is 1. The number of halogens is 2. The van der Waals surface area contributed by atoms with Gasteiger partial charge in [-0.1, -0.05) is 34.5 Å². The molecule has 3 rings (SSSR count). The number of hydrogen-bond donors (Lipinski definition) is 0. The minimum Gasteiger partial charge on any atom is -0.494 e. The number of ether oxygens (including phenoxy) is 1. The standard InChI is InChI=1S/C20H21Cl2N3O2S/c1-24(2)11-4-12-25(19(26)13-5-7-14(21)8-6-13)20-23-17-16(27-3)10-9-15(22)18(17)28-20/h5-10H,4,11-12H2,1-3H3. The summed E-state index contributed by atoms with van der Waals surface area (Å²) in [6.07, 6.45) is 0.813. The van der Waals surface area contributed by atoms with Gasteiger partial charge in [0.25, 0.3) is 5.91 Å². The molecule has 0 atom stereocenters. The topological polar surface area (TPSA) is 45.7 Å². The number of fused-ring (bicyclic) bond motifs is 1. The third-order valence-electron chi connectivity index (χ3n) is 4.22. The molecule has 0 radical (unpaired) electrons. The van der Waals surface area contributed by atoms with Crippen LogP contribution < -0.4 is 9.64 Å². The summed E-state index contributed by atoms with van der Waals surface area (Å²) < 4.78 is 6.21. The summed E-state index contributed by atoms with van der Waals surface area (Å²) in [5, 5.41) is 1.78. The van der Waals surface area contributed by atoms with Crippen LogP contribution in [-0.4, -0.2) is 50.1 Å². The Labute approximate surface area is 178 Å². The van der Waals surface area contributed by atoms with Gasteiger partial charge in [-0.05, 0) is 63.5 Å². The van der Waals surface area contributed by atoms with Crippen molar-refractivity contribution in [2.24, 2.45) is 0 Å². The number of hydrogen-bond acceptors (Lipinski definition) is 5. The minimum absolute atomic E-state index is 0.121. The summed E-state index contributed by atoms with van der Waals surface area (Å²) in [4.78, 5) is 21.7. The molecule has 0 fully saturated rings. The van der Waals surface area contributed by atoms with Gasteiger partial charge < -0.3 is 9.64 Å². The van der Waals surface area contributed by atoms with E-state index >= 15 is 0 Å². The molecule has 3 aromatic rings. The summed E-state index contributed by atoms with van der Waals surface area (Å²) in [5.41, 5.74) is 1.23. The van der Waals surface area contributed by atoms with Crippen LogP contribution in [-0.2, 0) is 0 Å². The number of nitrogens with zero attached hydrogens (tertiary/aromatic N) is 3. The summed E-state index contributed by atoms with van der Waals surface area (Å²) >= 11 is 13.7. The maximum atomic E-state index is 13.2. The SMILES string of the molecule is COc1ccc(Cl)c2sc(N(CCCN(C)C)C(=O)c3ccc(Cl)cc3)nc12. The van der Waals surface area contributed by atoms with E-state index in [2.05, 4.69) is 9.88 Å². The Morgan fingerprint density at radius 2 is 1.82 bits per heavy atom. The summed E-state index contributed by atoms with van der Waals surface area (Å²) in [7, 11) is 5.61. The monoisotopic (exact) mass is 437 g/mol. The Hall–Kier alpha value is -1.86. The highest BCUT2D eigenvalue weighted by molar-refractivity contribution is 7.23. The van der Waals surface area contributed by atoms with Gasteiger partial charge in [0.05, 0.1) is 16.8 Å². The van der Waals surface area contributed by atoms with Crippen molar-refractivity contribution in [3.8, 4) is 5.75 Å². The molecule has 2 aromatic carbocycles. The number of rotatable bonds is 7. The number of thiazole rings is 1. The Kier molecular flexibility index (Phi) is 6.78. The van der Waals surface area contributed by atoms with E-state index in [0.29, 0.717) is 38.6 Å². The molecule has 0 aliphatic rings. The lowest BCUT2D eigenvalue weighted by Gasteiger charge is -2.21. The highest BCUT2D eigenvalue weighted by atomic mass is 35.5.